The molecule has 1 aliphatic carbocycles. The van der Waals surface area contributed by atoms with Crippen molar-refractivity contribution >= 4 is 22.8 Å². The van der Waals surface area contributed by atoms with E-state index < -0.39 is 12.1 Å². The maximum atomic E-state index is 12.4. The molecule has 0 spiro atoms. The van der Waals surface area contributed by atoms with Crippen molar-refractivity contribution in [2.24, 2.45) is 11.8 Å². The predicted octanol–water partition coefficient (Wildman–Crippen LogP) is 3.65. The number of aromatic nitrogens is 1. The van der Waals surface area contributed by atoms with Crippen molar-refractivity contribution in [2.75, 3.05) is 0 Å². The Hall–Kier alpha value is -2.30. The molecule has 0 aliphatic heterocycles. The molecule has 5 heteroatoms. The third kappa shape index (κ3) is 3.70. The number of benzene rings is 1. The van der Waals surface area contributed by atoms with Gasteiger partial charge in [0.2, 0.25) is 0 Å². The third-order valence-electron chi connectivity index (χ3n) is 5.50. The van der Waals surface area contributed by atoms with Gasteiger partial charge in [0.15, 0.2) is 6.10 Å². The van der Waals surface area contributed by atoms with Crippen molar-refractivity contribution in [3.63, 3.8) is 0 Å². The molecule has 2 aromatic rings. The Balaban J connectivity index is 1.62. The van der Waals surface area contributed by atoms with E-state index in [9.17, 15) is 9.59 Å². The van der Waals surface area contributed by atoms with Crippen molar-refractivity contribution < 1.29 is 14.3 Å². The zero-order chi connectivity index (χ0) is 18.0. The first-order valence-corrected chi connectivity index (χ1v) is 9.05. The van der Waals surface area contributed by atoms with E-state index in [4.69, 9.17) is 4.74 Å². The molecule has 1 aliphatic rings. The van der Waals surface area contributed by atoms with Crippen LogP contribution in [0.5, 0.6) is 0 Å². The first-order valence-electron chi connectivity index (χ1n) is 9.05. The number of H-pyrrole nitrogens is 1. The standard InChI is InChI=1S/C20H26N2O3/c1-12-7-6-10-17(13(12)2)22-19(23)14(3)25-20(24)16-11-21-18-9-5-4-8-15(16)18/h4-5,8-9,11-14,17,21H,6-7,10H2,1-3H3,(H,22,23). The average molecular weight is 342 g/mol. The highest BCUT2D eigenvalue weighted by atomic mass is 16.5. The Morgan fingerprint density at radius 2 is 2.00 bits per heavy atom. The van der Waals surface area contributed by atoms with Crippen LogP contribution in [0.15, 0.2) is 30.5 Å². The van der Waals surface area contributed by atoms with E-state index in [0.717, 1.165) is 23.7 Å². The number of carbonyl (C=O) groups excluding carboxylic acids is 2. The topological polar surface area (TPSA) is 71.2 Å². The van der Waals surface area contributed by atoms with Gasteiger partial charge in [-0.3, -0.25) is 4.79 Å². The minimum atomic E-state index is -0.814. The fraction of sp³-hybridized carbons (Fsp3) is 0.500. The van der Waals surface area contributed by atoms with Gasteiger partial charge in [-0.1, -0.05) is 44.9 Å². The van der Waals surface area contributed by atoms with Crippen molar-refractivity contribution in [1.29, 1.82) is 0 Å². The number of hydrogen-bond donors (Lipinski definition) is 2. The third-order valence-corrected chi connectivity index (χ3v) is 5.50. The number of amides is 1. The first kappa shape index (κ1) is 17.5. The van der Waals surface area contributed by atoms with Gasteiger partial charge in [-0.25, -0.2) is 4.79 Å². The number of hydrogen-bond acceptors (Lipinski definition) is 3. The van der Waals surface area contributed by atoms with Crippen LogP contribution in [0.1, 0.15) is 50.4 Å². The summed E-state index contributed by atoms with van der Waals surface area (Å²) in [7, 11) is 0. The van der Waals surface area contributed by atoms with Crippen LogP contribution >= 0.6 is 0 Å². The maximum absolute atomic E-state index is 12.4. The van der Waals surface area contributed by atoms with Crippen molar-refractivity contribution in [2.45, 2.75) is 52.2 Å². The lowest BCUT2D eigenvalue weighted by Gasteiger charge is -2.35. The highest BCUT2D eigenvalue weighted by Gasteiger charge is 2.30. The summed E-state index contributed by atoms with van der Waals surface area (Å²) in [5.41, 5.74) is 1.33. The van der Waals surface area contributed by atoms with Crippen LogP contribution in [0.25, 0.3) is 10.9 Å². The summed E-state index contributed by atoms with van der Waals surface area (Å²) in [6, 6.07) is 7.68. The van der Waals surface area contributed by atoms with Crippen LogP contribution in [0, 0.1) is 11.8 Å². The second kappa shape index (κ2) is 7.30. The molecule has 4 atom stereocenters. The van der Waals surface area contributed by atoms with Gasteiger partial charge in [-0.15, -0.1) is 0 Å². The molecule has 134 valence electrons. The SMILES string of the molecule is CC(OC(=O)c1c[nH]c2ccccc12)C(=O)NC1CCCC(C)C1C. The molecule has 2 N–H and O–H groups in total. The summed E-state index contributed by atoms with van der Waals surface area (Å²) >= 11 is 0. The number of esters is 1. The lowest BCUT2D eigenvalue weighted by Crippen LogP contribution is -2.47. The van der Waals surface area contributed by atoms with Gasteiger partial charge in [0.25, 0.3) is 5.91 Å². The van der Waals surface area contributed by atoms with Gasteiger partial charge < -0.3 is 15.0 Å². The molecule has 1 amide bonds. The molecule has 25 heavy (non-hydrogen) atoms. The van der Waals surface area contributed by atoms with Gasteiger partial charge >= 0.3 is 5.97 Å². The van der Waals surface area contributed by atoms with E-state index in [1.54, 1.807) is 13.1 Å². The van der Waals surface area contributed by atoms with E-state index in [0.29, 0.717) is 17.4 Å². The van der Waals surface area contributed by atoms with Crippen molar-refractivity contribution in [3.8, 4) is 0 Å². The fourth-order valence-corrected chi connectivity index (χ4v) is 3.60. The van der Waals surface area contributed by atoms with Gasteiger partial charge in [-0.05, 0) is 31.2 Å². The average Bonchev–Trinajstić information content (AvgIpc) is 3.03. The summed E-state index contributed by atoms with van der Waals surface area (Å²) in [4.78, 5) is 27.9. The Morgan fingerprint density at radius 3 is 2.80 bits per heavy atom. The van der Waals surface area contributed by atoms with Crippen LogP contribution in [0.3, 0.4) is 0 Å². The van der Waals surface area contributed by atoms with E-state index >= 15 is 0 Å². The van der Waals surface area contributed by atoms with Crippen LogP contribution < -0.4 is 5.32 Å². The zero-order valence-electron chi connectivity index (χ0n) is 15.0. The molecule has 1 fully saturated rings. The van der Waals surface area contributed by atoms with Gasteiger partial charge in [0.05, 0.1) is 5.56 Å². The minimum Gasteiger partial charge on any atom is -0.449 e. The number of nitrogens with one attached hydrogen (secondary N) is 2. The number of ether oxygens (including phenoxy) is 1. The molecule has 1 heterocycles. The summed E-state index contributed by atoms with van der Waals surface area (Å²) in [6.45, 7) is 6.03. The number of aromatic amines is 1. The van der Waals surface area contributed by atoms with Gasteiger partial charge in [0.1, 0.15) is 0 Å². The molecule has 5 nitrogen and oxygen atoms in total. The molecule has 0 bridgehead atoms. The van der Waals surface area contributed by atoms with Crippen LogP contribution in [-0.4, -0.2) is 29.0 Å². The molecule has 1 aromatic carbocycles. The Kier molecular flexibility index (Phi) is 5.11. The van der Waals surface area contributed by atoms with E-state index in [-0.39, 0.29) is 11.9 Å². The summed E-state index contributed by atoms with van der Waals surface area (Å²) in [5, 5.41) is 3.86. The van der Waals surface area contributed by atoms with E-state index in [1.165, 1.54) is 6.42 Å². The fourth-order valence-electron chi connectivity index (χ4n) is 3.60. The molecule has 4 unspecified atom stereocenters. The quantitative estimate of drug-likeness (QED) is 0.833. The first-order chi connectivity index (χ1) is 12.0. The lowest BCUT2D eigenvalue weighted by molar-refractivity contribution is -0.130. The number of carbonyl (C=O) groups is 2. The van der Waals surface area contributed by atoms with Crippen LogP contribution in [0.2, 0.25) is 0 Å². The van der Waals surface area contributed by atoms with Crippen LogP contribution in [0.4, 0.5) is 0 Å². The zero-order valence-corrected chi connectivity index (χ0v) is 15.0. The van der Waals surface area contributed by atoms with E-state index in [2.05, 4.69) is 24.1 Å². The van der Waals surface area contributed by atoms with E-state index in [1.807, 2.05) is 24.3 Å². The predicted molar refractivity (Wildman–Crippen MR) is 97.3 cm³/mol. The molecular weight excluding hydrogens is 316 g/mol. The Bertz CT molecular complexity index is 767. The monoisotopic (exact) mass is 342 g/mol. The molecule has 3 rings (SSSR count). The largest absolute Gasteiger partial charge is 0.449 e. The number of para-hydroxylation sites is 1. The number of fused-ring (bicyclic) bond motifs is 1. The Morgan fingerprint density at radius 1 is 1.24 bits per heavy atom. The highest BCUT2D eigenvalue weighted by molar-refractivity contribution is 6.04. The van der Waals surface area contributed by atoms with Crippen LogP contribution in [-0.2, 0) is 9.53 Å². The molecule has 1 saturated carbocycles. The smallest absolute Gasteiger partial charge is 0.341 e. The normalized spacial score (nSPS) is 24.7. The van der Waals surface area contributed by atoms with Gasteiger partial charge in [0, 0.05) is 23.1 Å². The molecule has 0 radical (unpaired) electrons. The van der Waals surface area contributed by atoms with Crippen molar-refractivity contribution in [3.05, 3.63) is 36.0 Å². The summed E-state index contributed by atoms with van der Waals surface area (Å²) in [5.74, 6) is 0.335. The lowest BCUT2D eigenvalue weighted by atomic mass is 9.78. The number of rotatable bonds is 4. The summed E-state index contributed by atoms with van der Waals surface area (Å²) in [6.07, 6.45) is 4.13. The minimum absolute atomic E-state index is 0.158. The second-order valence-electron chi connectivity index (χ2n) is 7.18. The Labute approximate surface area is 148 Å². The maximum Gasteiger partial charge on any atom is 0.341 e. The highest BCUT2D eigenvalue weighted by Crippen LogP contribution is 2.29. The summed E-state index contributed by atoms with van der Waals surface area (Å²) < 4.78 is 5.40. The van der Waals surface area contributed by atoms with Crippen molar-refractivity contribution in [1.82, 2.24) is 10.3 Å². The molecule has 0 saturated heterocycles. The molecular formula is C20H26N2O3. The van der Waals surface area contributed by atoms with Gasteiger partial charge in [-0.2, -0.15) is 0 Å². The molecule has 1 aromatic heterocycles. The second-order valence-corrected chi connectivity index (χ2v) is 7.18.